The summed E-state index contributed by atoms with van der Waals surface area (Å²) in [5.74, 6) is -0.0984. The third kappa shape index (κ3) is 7.31. The number of rotatable bonds is 5. The lowest BCUT2D eigenvalue weighted by Crippen LogP contribution is -3.00. The average molecular weight is 623 g/mol. The van der Waals surface area contributed by atoms with E-state index < -0.39 is 0 Å². The molecule has 2 aromatic carbocycles. The maximum Gasteiger partial charge on any atom is 0.396 e. The Balaban J connectivity index is 0.00000204. The minimum atomic E-state index is -0.0492. The molecule has 34 heavy (non-hydrogen) atoms. The molecule has 0 N–H and O–H groups in total. The topological polar surface area (TPSA) is 41.9 Å². The van der Waals surface area contributed by atoms with Crippen LogP contribution in [0.2, 0.25) is 10.0 Å². The van der Waals surface area contributed by atoms with Crippen molar-refractivity contribution in [1.82, 2.24) is 0 Å². The van der Waals surface area contributed by atoms with Crippen molar-refractivity contribution in [2.75, 3.05) is 0 Å². The fraction of sp³-hybridized carbons (Fsp3) is 0.0769. The van der Waals surface area contributed by atoms with Crippen molar-refractivity contribution < 1.29 is 52.7 Å². The van der Waals surface area contributed by atoms with Gasteiger partial charge < -0.3 is 34.0 Å². The van der Waals surface area contributed by atoms with Crippen molar-refractivity contribution in [2.45, 2.75) is 12.8 Å². The molecule has 8 heteroatoms. The van der Waals surface area contributed by atoms with Gasteiger partial charge in [0.1, 0.15) is 10.0 Å². The highest BCUT2D eigenvalue weighted by Gasteiger charge is 2.16. The average Bonchev–Trinajstić information content (AvgIpc) is 2.80. The maximum atomic E-state index is 12.4. The number of carbonyl (C=O) groups is 2. The van der Waals surface area contributed by atoms with Crippen LogP contribution < -0.4 is 43.1 Å². The van der Waals surface area contributed by atoms with Gasteiger partial charge in [0.2, 0.25) is 0 Å². The summed E-state index contributed by atoms with van der Waals surface area (Å²) in [6.07, 6.45) is 7.17. The van der Waals surface area contributed by atoms with E-state index in [2.05, 4.69) is 0 Å². The summed E-state index contributed by atoms with van der Waals surface area (Å²) >= 11 is 11.9. The Labute approximate surface area is 229 Å². The first-order valence-electron chi connectivity index (χ1n) is 10.1. The van der Waals surface area contributed by atoms with E-state index in [9.17, 15) is 9.59 Å². The van der Waals surface area contributed by atoms with Crippen LogP contribution in [0.25, 0.3) is 11.1 Å². The van der Waals surface area contributed by atoms with E-state index in [4.69, 9.17) is 23.2 Å². The molecule has 4 nitrogen and oxygen atoms in total. The summed E-state index contributed by atoms with van der Waals surface area (Å²) in [5, 5.41) is 1.04. The summed E-state index contributed by atoms with van der Waals surface area (Å²) in [4.78, 5) is 24.9. The lowest BCUT2D eigenvalue weighted by molar-refractivity contribution is -0.574. The smallest absolute Gasteiger partial charge is 0.396 e. The number of hydrogen-bond acceptors (Lipinski definition) is 2. The molecule has 0 bridgehead atoms. The summed E-state index contributed by atoms with van der Waals surface area (Å²) in [6, 6.07) is 22.7. The zero-order chi connectivity index (χ0) is 22.5. The summed E-state index contributed by atoms with van der Waals surface area (Å²) < 4.78 is 3.00. The molecule has 0 atom stereocenters. The van der Waals surface area contributed by atoms with Crippen LogP contribution in [0, 0.1) is 0 Å². The largest absolute Gasteiger partial charge is 1.00 e. The van der Waals surface area contributed by atoms with Crippen molar-refractivity contribution in [3.05, 3.63) is 119 Å². The second kappa shape index (κ2) is 12.9. The van der Waals surface area contributed by atoms with E-state index >= 15 is 0 Å². The van der Waals surface area contributed by atoms with Gasteiger partial charge in [-0.15, -0.1) is 9.13 Å². The Morgan fingerprint density at radius 2 is 0.941 bits per heavy atom. The Morgan fingerprint density at radius 1 is 0.588 bits per heavy atom. The molecule has 2 aromatic heterocycles. The number of aromatic nitrogens is 2. The van der Waals surface area contributed by atoms with E-state index in [1.54, 1.807) is 49.1 Å². The van der Waals surface area contributed by atoms with Gasteiger partial charge in [-0.1, -0.05) is 71.7 Å². The summed E-state index contributed by atoms with van der Waals surface area (Å²) in [6.45, 7) is 0. The third-order valence-corrected chi connectivity index (χ3v) is 5.50. The second-order valence-corrected chi connectivity index (χ2v) is 8.27. The van der Waals surface area contributed by atoms with Crippen LogP contribution in [0.15, 0.2) is 97.6 Å². The summed E-state index contributed by atoms with van der Waals surface area (Å²) in [5.41, 5.74) is 3.93. The molecule has 0 fully saturated rings. The molecule has 0 aliphatic carbocycles. The lowest BCUT2D eigenvalue weighted by Gasteiger charge is -2.05. The maximum absolute atomic E-state index is 12.4. The molecule has 4 rings (SSSR count). The van der Waals surface area contributed by atoms with Gasteiger partial charge in [-0.3, -0.25) is 0 Å². The third-order valence-electron chi connectivity index (χ3n) is 5.06. The Hall–Kier alpha value is -2.38. The Bertz CT molecular complexity index is 1180. The van der Waals surface area contributed by atoms with E-state index in [1.165, 1.54) is 9.13 Å². The van der Waals surface area contributed by atoms with E-state index in [1.807, 2.05) is 48.5 Å². The van der Waals surface area contributed by atoms with Crippen LogP contribution in [0.4, 0.5) is 0 Å². The highest BCUT2D eigenvalue weighted by atomic mass is 79.9. The molecular weight excluding hydrogens is 603 g/mol. The van der Waals surface area contributed by atoms with E-state index in [-0.39, 0.29) is 58.6 Å². The predicted molar refractivity (Wildman–Crippen MR) is 124 cm³/mol. The van der Waals surface area contributed by atoms with Crippen molar-refractivity contribution in [3.8, 4) is 11.1 Å². The highest BCUT2D eigenvalue weighted by molar-refractivity contribution is 6.30. The first kappa shape index (κ1) is 27.9. The Kier molecular flexibility index (Phi) is 10.6. The van der Waals surface area contributed by atoms with Crippen LogP contribution in [0.1, 0.15) is 20.7 Å². The van der Waals surface area contributed by atoms with Gasteiger partial charge in [-0.2, -0.15) is 0 Å². The normalized spacial score (nSPS) is 10.1. The number of benzene rings is 2. The first-order valence-corrected chi connectivity index (χ1v) is 10.8. The minimum absolute atomic E-state index is 0. The van der Waals surface area contributed by atoms with Crippen molar-refractivity contribution in [3.63, 3.8) is 0 Å². The van der Waals surface area contributed by atoms with E-state index in [0.29, 0.717) is 10.0 Å². The lowest BCUT2D eigenvalue weighted by atomic mass is 10.0. The van der Waals surface area contributed by atoms with Crippen LogP contribution in [0.3, 0.4) is 0 Å². The highest BCUT2D eigenvalue weighted by Crippen LogP contribution is 2.21. The predicted octanol–water partition coefficient (Wildman–Crippen LogP) is -0.991. The quantitative estimate of drug-likeness (QED) is 0.269. The van der Waals surface area contributed by atoms with Gasteiger partial charge in [0, 0.05) is 12.1 Å². The van der Waals surface area contributed by atoms with Crippen molar-refractivity contribution >= 4 is 35.0 Å². The molecule has 4 aromatic rings. The minimum Gasteiger partial charge on any atom is -1.00 e. The molecule has 174 valence electrons. The molecule has 2 heterocycles. The van der Waals surface area contributed by atoms with Gasteiger partial charge in [0.25, 0.3) is 0 Å². The van der Waals surface area contributed by atoms with Gasteiger partial charge in [-0.25, -0.2) is 9.59 Å². The van der Waals surface area contributed by atoms with Crippen LogP contribution in [-0.4, -0.2) is 11.8 Å². The molecule has 0 radical (unpaired) electrons. The van der Waals surface area contributed by atoms with Gasteiger partial charge in [0.05, 0.1) is 12.8 Å². The molecular formula is C26H20Br2Cl2N2O2. The summed E-state index contributed by atoms with van der Waals surface area (Å²) in [7, 11) is 0. The molecule has 0 saturated carbocycles. The molecule has 0 saturated heterocycles. The van der Waals surface area contributed by atoms with Crippen LogP contribution >= 0.6 is 23.2 Å². The molecule has 0 spiro atoms. The molecule has 0 amide bonds. The van der Waals surface area contributed by atoms with Crippen molar-refractivity contribution in [2.24, 2.45) is 0 Å². The monoisotopic (exact) mass is 620 g/mol. The standard InChI is InChI=1S/C26H20Cl2N2O2.2BrH/c27-23-3-1-13-29(17-23)25(31)15-19-5-9-21(10-6-19)22-11-7-20(8-12-22)16-26(32)30-14-2-4-24(28)18-30;;/h1-14,17-18H,15-16H2;2*1H/q+2;;/p-2. The Morgan fingerprint density at radius 3 is 1.26 bits per heavy atom. The van der Waals surface area contributed by atoms with E-state index in [0.717, 1.165) is 22.3 Å². The number of pyridine rings is 2. The number of carbonyl (C=O) groups excluding carboxylic acids is 2. The van der Waals surface area contributed by atoms with Gasteiger partial charge >= 0.3 is 11.8 Å². The zero-order valence-electron chi connectivity index (χ0n) is 17.9. The van der Waals surface area contributed by atoms with Crippen molar-refractivity contribution in [1.29, 1.82) is 0 Å². The number of halogens is 4. The first-order chi connectivity index (χ1) is 15.5. The second-order valence-electron chi connectivity index (χ2n) is 7.39. The fourth-order valence-corrected chi connectivity index (χ4v) is 3.72. The SMILES string of the molecule is O=C(Cc1ccc(-c2ccc(CC(=O)[n+]3cccc(Cl)c3)cc2)cc1)[n+]1cccc(Cl)c1.[Br-].[Br-]. The zero-order valence-corrected chi connectivity index (χ0v) is 22.6. The number of nitrogens with zero attached hydrogens (tertiary/aromatic N) is 2. The fourth-order valence-electron chi connectivity index (χ4n) is 3.37. The van der Waals surface area contributed by atoms with Crippen LogP contribution in [0.5, 0.6) is 0 Å². The molecule has 0 aliphatic rings. The molecule has 0 unspecified atom stereocenters. The molecule has 0 aliphatic heterocycles. The number of hydrogen-bond donors (Lipinski definition) is 0. The van der Waals surface area contributed by atoms with Gasteiger partial charge in [0.15, 0.2) is 24.8 Å². The van der Waals surface area contributed by atoms with Crippen LogP contribution in [-0.2, 0) is 12.8 Å². The van der Waals surface area contributed by atoms with Gasteiger partial charge in [-0.05, 0) is 34.4 Å².